The van der Waals surface area contributed by atoms with Gasteiger partial charge < -0.3 is 24.8 Å². The Labute approximate surface area is 275 Å². The number of nitrogens with one attached hydrogen (secondary N) is 2. The molecule has 1 aromatic heterocycles. The number of fused-ring (bicyclic) bond motifs is 1. The molecule has 2 N–H and O–H groups in total. The number of ether oxygens (including phenoxy) is 1. The number of aryl methyl sites for hydroxylation is 1. The third kappa shape index (κ3) is 6.73. The Morgan fingerprint density at radius 1 is 0.936 bits per heavy atom. The van der Waals surface area contributed by atoms with Gasteiger partial charge in [0.25, 0.3) is 11.5 Å². The lowest BCUT2D eigenvalue weighted by Gasteiger charge is -2.43. The van der Waals surface area contributed by atoms with Crippen molar-refractivity contribution in [3.63, 3.8) is 0 Å². The molecule has 0 spiro atoms. The molecule has 248 valence electrons. The number of aromatic nitrogens is 1. The number of amides is 3. The number of hydrogen-bond donors (Lipinski definition) is 2. The maximum absolute atomic E-state index is 14.5. The molecule has 0 saturated carbocycles. The van der Waals surface area contributed by atoms with Crippen LogP contribution < -0.4 is 16.2 Å². The van der Waals surface area contributed by atoms with E-state index in [0.717, 1.165) is 16.7 Å². The smallest absolute Gasteiger partial charge is 0.328 e. The van der Waals surface area contributed by atoms with E-state index in [1.807, 2.05) is 73.3 Å². The lowest BCUT2D eigenvalue weighted by molar-refractivity contribution is -0.149. The number of carbonyl (C=O) groups is 4. The van der Waals surface area contributed by atoms with Crippen molar-refractivity contribution in [2.75, 3.05) is 19.7 Å². The van der Waals surface area contributed by atoms with Gasteiger partial charge in [0.15, 0.2) is 0 Å². The second kappa shape index (κ2) is 14.4. The second-order valence-electron chi connectivity index (χ2n) is 12.8. The number of rotatable bonds is 9. The van der Waals surface area contributed by atoms with Crippen LogP contribution >= 0.6 is 0 Å². The Morgan fingerprint density at radius 3 is 2.30 bits per heavy atom. The van der Waals surface area contributed by atoms with Crippen molar-refractivity contribution in [2.24, 2.45) is 13.0 Å². The molecule has 1 aliphatic carbocycles. The van der Waals surface area contributed by atoms with Gasteiger partial charge in [0.1, 0.15) is 11.6 Å². The van der Waals surface area contributed by atoms with Crippen LogP contribution in [0.2, 0.25) is 0 Å². The summed E-state index contributed by atoms with van der Waals surface area (Å²) in [4.78, 5) is 68.5. The summed E-state index contributed by atoms with van der Waals surface area (Å²) in [5, 5.41) is 6.00. The van der Waals surface area contributed by atoms with Crippen molar-refractivity contribution in [3.8, 4) is 0 Å². The summed E-state index contributed by atoms with van der Waals surface area (Å²) in [5.41, 5.74) is 0.989. The largest absolute Gasteiger partial charge is 0.464 e. The number of piperidine rings is 1. The first-order valence-electron chi connectivity index (χ1n) is 16.5. The predicted molar refractivity (Wildman–Crippen MR) is 178 cm³/mol. The summed E-state index contributed by atoms with van der Waals surface area (Å²) in [6, 6.07) is 19.4. The Bertz CT molecular complexity index is 1680. The van der Waals surface area contributed by atoms with Gasteiger partial charge in [0, 0.05) is 32.4 Å². The van der Waals surface area contributed by atoms with E-state index < -0.39 is 29.3 Å². The van der Waals surface area contributed by atoms with Crippen LogP contribution in [-0.4, -0.2) is 64.9 Å². The highest BCUT2D eigenvalue weighted by Gasteiger charge is 2.50. The average molecular weight is 641 g/mol. The molecule has 3 atom stereocenters. The van der Waals surface area contributed by atoms with Gasteiger partial charge in [-0.25, -0.2) is 4.79 Å². The fraction of sp³-hybridized carbons (Fsp3) is 0.432. The minimum atomic E-state index is -1.11. The lowest BCUT2D eigenvalue weighted by atomic mass is 9.62. The number of likely N-dealkylation sites (tertiary alicyclic amines) is 1. The number of pyridine rings is 1. The van der Waals surface area contributed by atoms with Crippen molar-refractivity contribution >= 4 is 23.7 Å². The predicted octanol–water partition coefficient (Wildman–Crippen LogP) is 3.67. The van der Waals surface area contributed by atoms with Crippen LogP contribution in [0.15, 0.2) is 77.7 Å². The van der Waals surface area contributed by atoms with E-state index in [4.69, 9.17) is 4.74 Å². The topological polar surface area (TPSA) is 127 Å². The highest BCUT2D eigenvalue weighted by Crippen LogP contribution is 2.48. The Balaban J connectivity index is 1.37. The molecular weight excluding hydrogens is 596 g/mol. The van der Waals surface area contributed by atoms with Crippen LogP contribution in [0.25, 0.3) is 0 Å². The van der Waals surface area contributed by atoms with Crippen LogP contribution in [0, 0.1) is 5.92 Å². The summed E-state index contributed by atoms with van der Waals surface area (Å²) < 4.78 is 6.67. The molecule has 2 heterocycles. The molecule has 2 aromatic carbocycles. The van der Waals surface area contributed by atoms with Crippen LogP contribution in [0.3, 0.4) is 0 Å². The molecule has 2 aliphatic rings. The van der Waals surface area contributed by atoms with E-state index in [1.54, 1.807) is 26.2 Å². The quantitative estimate of drug-likeness (QED) is 0.344. The molecule has 0 unspecified atom stereocenters. The molecule has 0 radical (unpaired) electrons. The van der Waals surface area contributed by atoms with Crippen molar-refractivity contribution in [2.45, 2.75) is 69.9 Å². The Morgan fingerprint density at radius 2 is 1.62 bits per heavy atom. The van der Waals surface area contributed by atoms with Crippen molar-refractivity contribution < 1.29 is 23.9 Å². The van der Waals surface area contributed by atoms with Crippen LogP contribution in [-0.2, 0) is 31.6 Å². The maximum atomic E-state index is 14.5. The summed E-state index contributed by atoms with van der Waals surface area (Å²) in [7, 11) is 1.61. The third-order valence-electron chi connectivity index (χ3n) is 9.56. The summed E-state index contributed by atoms with van der Waals surface area (Å²) >= 11 is 0. The Hall–Kier alpha value is -4.73. The zero-order chi connectivity index (χ0) is 33.7. The molecule has 47 heavy (non-hydrogen) atoms. The molecule has 3 amide bonds. The minimum Gasteiger partial charge on any atom is -0.464 e. The molecule has 5 rings (SSSR count). The summed E-state index contributed by atoms with van der Waals surface area (Å²) in [6.07, 6.45) is 3.56. The molecule has 0 bridgehead atoms. The molecule has 1 saturated heterocycles. The SMILES string of the molecule is CCOC(=O)[C@@H](NC(=O)[C@@]1(c2ccccc2)CC[C@H](C(=O)N2CCC(NC(=O)c3cccn(C)c3=O)CC2)c2ccccc21)C(C)C. The number of hydrogen-bond acceptors (Lipinski definition) is 6. The van der Waals surface area contributed by atoms with Gasteiger partial charge in [0.05, 0.1) is 17.9 Å². The van der Waals surface area contributed by atoms with Gasteiger partial charge in [-0.15, -0.1) is 0 Å². The van der Waals surface area contributed by atoms with Crippen LogP contribution in [0.5, 0.6) is 0 Å². The number of esters is 1. The monoisotopic (exact) mass is 640 g/mol. The van der Waals surface area contributed by atoms with E-state index in [-0.39, 0.29) is 41.5 Å². The first kappa shape index (κ1) is 33.6. The maximum Gasteiger partial charge on any atom is 0.328 e. The van der Waals surface area contributed by atoms with E-state index in [1.165, 1.54) is 10.6 Å². The number of carbonyl (C=O) groups excluding carboxylic acids is 4. The summed E-state index contributed by atoms with van der Waals surface area (Å²) in [5.74, 6) is -1.81. The summed E-state index contributed by atoms with van der Waals surface area (Å²) in [6.45, 7) is 6.63. The van der Waals surface area contributed by atoms with Gasteiger partial charge in [0.2, 0.25) is 11.8 Å². The fourth-order valence-electron chi connectivity index (χ4n) is 6.98. The zero-order valence-corrected chi connectivity index (χ0v) is 27.5. The van der Waals surface area contributed by atoms with Gasteiger partial charge in [-0.3, -0.25) is 19.2 Å². The number of nitrogens with zero attached hydrogens (tertiary/aromatic N) is 2. The first-order valence-corrected chi connectivity index (χ1v) is 16.5. The van der Waals surface area contributed by atoms with Crippen LogP contribution in [0.4, 0.5) is 0 Å². The standard InChI is InChI=1S/C37H44N4O6/c1-5-47-35(45)31(24(2)3)39-36(46)37(25-12-7-6-8-13-25)20-17-28(27-14-9-10-16-30(27)37)34(44)41-22-18-26(19-23-41)38-32(42)29-15-11-21-40(4)33(29)43/h6-16,21,24,26,28,31H,5,17-20,22-23H2,1-4H3,(H,38,42)(H,39,46)/t28-,31-,37+/m0/s1. The second-order valence-corrected chi connectivity index (χ2v) is 12.8. The van der Waals surface area contributed by atoms with Crippen LogP contribution in [0.1, 0.15) is 79.4 Å². The van der Waals surface area contributed by atoms with Gasteiger partial charge in [-0.1, -0.05) is 68.4 Å². The fourth-order valence-corrected chi connectivity index (χ4v) is 6.98. The molecule has 1 aliphatic heterocycles. The average Bonchev–Trinajstić information content (AvgIpc) is 3.08. The van der Waals surface area contributed by atoms with Crippen molar-refractivity contribution in [1.29, 1.82) is 0 Å². The van der Waals surface area contributed by atoms with E-state index in [0.29, 0.717) is 38.8 Å². The van der Waals surface area contributed by atoms with Crippen molar-refractivity contribution in [1.82, 2.24) is 20.1 Å². The highest BCUT2D eigenvalue weighted by atomic mass is 16.5. The molecular formula is C37H44N4O6. The lowest BCUT2D eigenvalue weighted by Crippen LogP contribution is -2.55. The molecule has 10 nitrogen and oxygen atoms in total. The van der Waals surface area contributed by atoms with Gasteiger partial charge >= 0.3 is 5.97 Å². The molecule has 1 fully saturated rings. The zero-order valence-electron chi connectivity index (χ0n) is 27.5. The number of benzene rings is 2. The van der Waals surface area contributed by atoms with E-state index in [2.05, 4.69) is 10.6 Å². The van der Waals surface area contributed by atoms with Gasteiger partial charge in [-0.2, -0.15) is 0 Å². The van der Waals surface area contributed by atoms with E-state index in [9.17, 15) is 24.0 Å². The molecule has 10 heteroatoms. The van der Waals surface area contributed by atoms with E-state index >= 15 is 0 Å². The third-order valence-corrected chi connectivity index (χ3v) is 9.56. The highest BCUT2D eigenvalue weighted by molar-refractivity contribution is 5.97. The first-order chi connectivity index (χ1) is 22.6. The normalized spacial score (nSPS) is 20.2. The van der Waals surface area contributed by atoms with Crippen molar-refractivity contribution in [3.05, 3.63) is 106 Å². The minimum absolute atomic E-state index is 0.00666. The molecule has 3 aromatic rings. The Kier molecular flexibility index (Phi) is 10.3. The van der Waals surface area contributed by atoms with Gasteiger partial charge in [-0.05, 0) is 67.3 Å².